The van der Waals surface area contributed by atoms with E-state index in [1.54, 1.807) is 0 Å². The average molecular weight is 421 g/mol. The molecule has 0 spiro atoms. The van der Waals surface area contributed by atoms with Crippen LogP contribution in [0.3, 0.4) is 0 Å². The first-order chi connectivity index (χ1) is 11.1. The second kappa shape index (κ2) is 8.89. The molecular weight excluding hydrogens is 403 g/mol. The smallest absolute Gasteiger partial charge is 0.351 e. The molecular formula is C16H18BrFO3S2. The monoisotopic (exact) mass is 420 g/mol. The summed E-state index contributed by atoms with van der Waals surface area (Å²) >= 11 is 5.38. The molecule has 0 unspecified atom stereocenters. The fourth-order valence-electron chi connectivity index (χ4n) is 2.28. The fraction of sp³-hybridized carbons (Fsp3) is 0.500. The molecule has 0 fully saturated rings. The third-order valence-electron chi connectivity index (χ3n) is 3.49. The van der Waals surface area contributed by atoms with Gasteiger partial charge in [0.05, 0.1) is 25.4 Å². The van der Waals surface area contributed by atoms with E-state index in [1.807, 2.05) is 0 Å². The normalized spacial score (nSPS) is 11.1. The molecule has 3 nitrogen and oxygen atoms in total. The number of hydrogen-bond donors (Lipinski definition) is 0. The molecule has 0 aliphatic carbocycles. The van der Waals surface area contributed by atoms with E-state index in [4.69, 9.17) is 4.74 Å². The minimum atomic E-state index is -0.647. The van der Waals surface area contributed by atoms with Crippen molar-refractivity contribution in [3.05, 3.63) is 19.4 Å². The summed E-state index contributed by atoms with van der Waals surface area (Å²) in [6.45, 7) is 2.47. The highest BCUT2D eigenvalue weighted by atomic mass is 79.9. The number of esters is 1. The van der Waals surface area contributed by atoms with E-state index in [1.165, 1.54) is 30.6 Å². The first-order valence-corrected chi connectivity index (χ1v) is 10.0. The van der Waals surface area contributed by atoms with Crippen LogP contribution >= 0.6 is 38.6 Å². The van der Waals surface area contributed by atoms with Gasteiger partial charge in [-0.1, -0.05) is 39.0 Å². The van der Waals surface area contributed by atoms with Gasteiger partial charge in [-0.3, -0.25) is 4.79 Å². The van der Waals surface area contributed by atoms with Crippen LogP contribution in [-0.4, -0.2) is 18.9 Å². The van der Waals surface area contributed by atoms with Gasteiger partial charge < -0.3 is 4.74 Å². The Labute approximate surface area is 151 Å². The molecule has 2 rings (SSSR count). The van der Waals surface area contributed by atoms with E-state index >= 15 is 0 Å². The summed E-state index contributed by atoms with van der Waals surface area (Å²) < 4.78 is 20.6. The lowest BCUT2D eigenvalue weighted by Crippen LogP contribution is -2.06. The molecule has 2 aromatic heterocycles. The van der Waals surface area contributed by atoms with Gasteiger partial charge in [-0.2, -0.15) is 0 Å². The summed E-state index contributed by atoms with van der Waals surface area (Å²) in [5.74, 6) is -1.25. The predicted octanol–water partition coefficient (Wildman–Crippen LogP) is 6.19. The fourth-order valence-corrected chi connectivity index (χ4v) is 5.33. The van der Waals surface area contributed by atoms with Gasteiger partial charge in [0.2, 0.25) is 0 Å². The van der Waals surface area contributed by atoms with Crippen LogP contribution in [-0.2, 0) is 4.74 Å². The number of carbonyl (C=O) groups is 2. The minimum absolute atomic E-state index is 0.0578. The van der Waals surface area contributed by atoms with Gasteiger partial charge in [-0.05, 0) is 22.4 Å². The van der Waals surface area contributed by atoms with Gasteiger partial charge >= 0.3 is 5.97 Å². The molecule has 2 heterocycles. The molecule has 0 saturated heterocycles. The maximum Gasteiger partial charge on any atom is 0.351 e. The SMILES string of the molecule is CCCCCCCCOC(=O)c1sc2c(C=O)sc(Br)c2c1F. The first kappa shape index (κ1) is 18.5. The lowest BCUT2D eigenvalue weighted by Gasteiger charge is -2.03. The molecule has 7 heteroatoms. The van der Waals surface area contributed by atoms with Gasteiger partial charge in [0.25, 0.3) is 0 Å². The summed E-state index contributed by atoms with van der Waals surface area (Å²) in [5.41, 5.74) is 0. The third-order valence-corrected chi connectivity index (χ3v) is 6.59. The Morgan fingerprint density at radius 1 is 1.22 bits per heavy atom. The van der Waals surface area contributed by atoms with E-state index in [2.05, 4.69) is 22.9 Å². The standard InChI is InChI=1S/C16H18BrFO3S2/c1-2-3-4-5-6-7-8-21-16(20)14-12(18)11-13(23-14)10(9-19)22-15(11)17/h9H,2-8H2,1H3. The Balaban J connectivity index is 1.94. The van der Waals surface area contributed by atoms with Crippen molar-refractivity contribution in [3.8, 4) is 0 Å². The maximum absolute atomic E-state index is 14.4. The van der Waals surface area contributed by atoms with Crippen molar-refractivity contribution in [1.82, 2.24) is 0 Å². The Hall–Kier alpha value is -0.790. The third kappa shape index (κ3) is 4.39. The van der Waals surface area contributed by atoms with E-state index in [0.29, 0.717) is 31.6 Å². The summed E-state index contributed by atoms with van der Waals surface area (Å²) in [7, 11) is 0. The highest BCUT2D eigenvalue weighted by Crippen LogP contribution is 2.42. The number of aldehydes is 1. The zero-order valence-electron chi connectivity index (χ0n) is 12.8. The van der Waals surface area contributed by atoms with E-state index in [0.717, 1.165) is 30.6 Å². The van der Waals surface area contributed by atoms with Crippen molar-refractivity contribution in [3.63, 3.8) is 0 Å². The Kier molecular flexibility index (Phi) is 7.17. The van der Waals surface area contributed by atoms with Gasteiger partial charge in [-0.25, -0.2) is 9.18 Å². The van der Waals surface area contributed by atoms with Crippen molar-refractivity contribution in [2.24, 2.45) is 0 Å². The second-order valence-corrected chi connectivity index (χ2v) is 8.60. The number of thiophene rings is 2. The number of ether oxygens (including phenoxy) is 1. The zero-order valence-corrected chi connectivity index (χ0v) is 16.0. The minimum Gasteiger partial charge on any atom is -0.461 e. The molecule has 2 aromatic rings. The van der Waals surface area contributed by atoms with Crippen molar-refractivity contribution < 1.29 is 18.7 Å². The van der Waals surface area contributed by atoms with Gasteiger partial charge in [0, 0.05) is 0 Å². The number of carbonyl (C=O) groups excluding carboxylic acids is 2. The van der Waals surface area contributed by atoms with Crippen LogP contribution in [0.25, 0.3) is 10.1 Å². The number of hydrogen-bond acceptors (Lipinski definition) is 5. The lowest BCUT2D eigenvalue weighted by atomic mass is 10.1. The highest BCUT2D eigenvalue weighted by Gasteiger charge is 2.25. The zero-order chi connectivity index (χ0) is 16.8. The second-order valence-electron chi connectivity index (χ2n) is 5.21. The number of halogens is 2. The Bertz CT molecular complexity index is 693. The molecule has 0 bridgehead atoms. The summed E-state index contributed by atoms with van der Waals surface area (Å²) in [5, 5.41) is 0.300. The molecule has 0 saturated carbocycles. The van der Waals surface area contributed by atoms with Gasteiger partial charge in [-0.15, -0.1) is 22.7 Å². The average Bonchev–Trinajstić information content (AvgIpc) is 3.04. The molecule has 23 heavy (non-hydrogen) atoms. The number of unbranched alkanes of at least 4 members (excludes halogenated alkanes) is 5. The molecule has 0 aromatic carbocycles. The molecule has 0 aliphatic rings. The van der Waals surface area contributed by atoms with Crippen molar-refractivity contribution in [2.75, 3.05) is 6.61 Å². The van der Waals surface area contributed by atoms with E-state index < -0.39 is 11.8 Å². The topological polar surface area (TPSA) is 43.4 Å². The molecule has 0 radical (unpaired) electrons. The largest absolute Gasteiger partial charge is 0.461 e. The van der Waals surface area contributed by atoms with Crippen LogP contribution in [0.2, 0.25) is 0 Å². The molecule has 0 amide bonds. The Morgan fingerprint density at radius 3 is 2.61 bits per heavy atom. The molecule has 126 valence electrons. The predicted molar refractivity (Wildman–Crippen MR) is 96.4 cm³/mol. The van der Waals surface area contributed by atoms with E-state index in [-0.39, 0.29) is 4.88 Å². The summed E-state index contributed by atoms with van der Waals surface area (Å²) in [4.78, 5) is 23.4. The van der Waals surface area contributed by atoms with Crippen molar-refractivity contribution in [2.45, 2.75) is 45.4 Å². The van der Waals surface area contributed by atoms with Crippen LogP contribution < -0.4 is 0 Å². The van der Waals surface area contributed by atoms with Gasteiger partial charge in [0.15, 0.2) is 12.1 Å². The number of fused-ring (bicyclic) bond motifs is 1. The maximum atomic E-state index is 14.4. The number of rotatable bonds is 9. The molecule has 0 atom stereocenters. The van der Waals surface area contributed by atoms with Crippen LogP contribution in [0.4, 0.5) is 4.39 Å². The van der Waals surface area contributed by atoms with Crippen LogP contribution in [0.1, 0.15) is 64.8 Å². The molecule has 0 N–H and O–H groups in total. The van der Waals surface area contributed by atoms with Crippen LogP contribution in [0.5, 0.6) is 0 Å². The first-order valence-electron chi connectivity index (χ1n) is 7.62. The Morgan fingerprint density at radius 2 is 1.91 bits per heavy atom. The van der Waals surface area contributed by atoms with E-state index in [9.17, 15) is 14.0 Å². The lowest BCUT2D eigenvalue weighted by molar-refractivity contribution is 0.0499. The van der Waals surface area contributed by atoms with Crippen molar-refractivity contribution in [1.29, 1.82) is 0 Å². The highest BCUT2D eigenvalue weighted by molar-refractivity contribution is 9.11. The van der Waals surface area contributed by atoms with Crippen LogP contribution in [0.15, 0.2) is 3.79 Å². The summed E-state index contributed by atoms with van der Waals surface area (Å²) in [6.07, 6.45) is 7.23. The molecule has 0 aliphatic heterocycles. The quantitative estimate of drug-likeness (QED) is 0.275. The van der Waals surface area contributed by atoms with Crippen molar-refractivity contribution >= 4 is 60.9 Å². The van der Waals surface area contributed by atoms with Gasteiger partial charge in [0.1, 0.15) is 4.88 Å². The summed E-state index contributed by atoms with van der Waals surface area (Å²) in [6, 6.07) is 0. The van der Waals surface area contributed by atoms with Crippen LogP contribution in [0, 0.1) is 5.82 Å².